The fraction of sp³-hybridized carbons (Fsp3) is 0.368. The Labute approximate surface area is 137 Å². The van der Waals surface area contributed by atoms with Gasteiger partial charge in [-0.3, -0.25) is 0 Å². The van der Waals surface area contributed by atoms with Crippen LogP contribution in [0.3, 0.4) is 0 Å². The zero-order valence-electron chi connectivity index (χ0n) is 13.6. The summed E-state index contributed by atoms with van der Waals surface area (Å²) in [6, 6.07) is 6.51. The minimum Gasteiger partial charge on any atom is -0.478 e. The second-order valence-corrected chi connectivity index (χ2v) is 5.39. The third-order valence-electron chi connectivity index (χ3n) is 3.57. The lowest BCUT2D eigenvalue weighted by Gasteiger charge is -2.08. The molecule has 0 saturated carbocycles. The van der Waals surface area contributed by atoms with Gasteiger partial charge in [0.15, 0.2) is 0 Å². The molecule has 1 rings (SSSR count). The number of aliphatic carboxylic acids is 1. The highest BCUT2D eigenvalue weighted by Gasteiger charge is 2.12. The number of benzene rings is 1. The van der Waals surface area contributed by atoms with Gasteiger partial charge in [-0.15, -0.1) is 0 Å². The summed E-state index contributed by atoms with van der Waals surface area (Å²) in [6.45, 7) is 9.79. The normalized spacial score (nSPS) is 10.1. The summed E-state index contributed by atoms with van der Waals surface area (Å²) in [7, 11) is 0. The van der Waals surface area contributed by atoms with Crippen LogP contribution in [0.1, 0.15) is 50.2 Å². The van der Waals surface area contributed by atoms with Gasteiger partial charge in [-0.05, 0) is 17.5 Å². The molecule has 23 heavy (non-hydrogen) atoms. The number of carboxylic acid groups (broad SMARTS) is 1. The Morgan fingerprint density at radius 1 is 0.957 bits per heavy atom. The van der Waals surface area contributed by atoms with Gasteiger partial charge < -0.3 is 9.84 Å². The molecule has 4 nitrogen and oxygen atoms in total. The van der Waals surface area contributed by atoms with Crippen molar-refractivity contribution >= 4 is 23.1 Å². The lowest BCUT2D eigenvalue weighted by Crippen LogP contribution is -2.08. The number of carboxylic acids is 1. The molecular weight excluding hydrogens is 292 g/mol. The topological polar surface area (TPSA) is 63.6 Å². The van der Waals surface area contributed by atoms with E-state index >= 15 is 0 Å². The zero-order chi connectivity index (χ0) is 17.2. The van der Waals surface area contributed by atoms with Crippen LogP contribution in [0.5, 0.6) is 0 Å². The van der Waals surface area contributed by atoms with Gasteiger partial charge in [0.25, 0.3) is 0 Å². The molecule has 0 aliphatic heterocycles. The third kappa shape index (κ3) is 6.10. The molecule has 0 radical (unpaired) electrons. The monoisotopic (exact) mass is 316 g/mol. The second kappa shape index (κ2) is 9.62. The highest BCUT2D eigenvalue weighted by atomic mass is 16.5. The van der Waals surface area contributed by atoms with Crippen molar-refractivity contribution in [1.82, 2.24) is 0 Å². The van der Waals surface area contributed by atoms with E-state index in [0.29, 0.717) is 17.7 Å². The number of hydrogen-bond acceptors (Lipinski definition) is 3. The molecule has 0 amide bonds. The van der Waals surface area contributed by atoms with Crippen molar-refractivity contribution in [1.29, 1.82) is 0 Å². The largest absolute Gasteiger partial charge is 0.478 e. The van der Waals surface area contributed by atoms with Crippen molar-refractivity contribution in [3.63, 3.8) is 0 Å². The second-order valence-electron chi connectivity index (χ2n) is 5.39. The number of ether oxygens (including phenoxy) is 1. The van der Waals surface area contributed by atoms with Crippen molar-refractivity contribution in [2.75, 3.05) is 6.61 Å². The number of carbonyl (C=O) groups is 2. The zero-order valence-corrected chi connectivity index (χ0v) is 13.6. The quantitative estimate of drug-likeness (QED) is 0.397. The minimum atomic E-state index is -1.07. The molecular formula is C19H24O4. The van der Waals surface area contributed by atoms with Crippen LogP contribution in [-0.2, 0) is 14.3 Å². The van der Waals surface area contributed by atoms with Crippen molar-refractivity contribution in [2.45, 2.75) is 39.0 Å². The lowest BCUT2D eigenvalue weighted by atomic mass is 10.0. The predicted molar refractivity (Wildman–Crippen MR) is 91.9 cm³/mol. The first kappa shape index (κ1) is 18.7. The van der Waals surface area contributed by atoms with E-state index in [1.165, 1.54) is 12.8 Å². The van der Waals surface area contributed by atoms with Gasteiger partial charge in [0.2, 0.25) is 0 Å². The fourth-order valence-electron chi connectivity index (χ4n) is 2.07. The Bertz CT molecular complexity index is 570. The maximum atomic E-state index is 11.9. The number of unbranched alkanes of at least 4 members (excludes halogenated alkanes) is 4. The van der Waals surface area contributed by atoms with Crippen LogP contribution in [0.4, 0.5) is 0 Å². The van der Waals surface area contributed by atoms with Crippen LogP contribution >= 0.6 is 0 Å². The number of esters is 1. The van der Waals surface area contributed by atoms with Crippen LogP contribution in [0.15, 0.2) is 37.4 Å². The van der Waals surface area contributed by atoms with E-state index in [4.69, 9.17) is 9.84 Å². The van der Waals surface area contributed by atoms with Gasteiger partial charge in [0, 0.05) is 0 Å². The molecule has 0 saturated heterocycles. The average Bonchev–Trinajstić information content (AvgIpc) is 2.56. The van der Waals surface area contributed by atoms with E-state index in [1.54, 1.807) is 24.3 Å². The highest BCUT2D eigenvalue weighted by molar-refractivity contribution is 6.16. The summed E-state index contributed by atoms with van der Waals surface area (Å²) in [4.78, 5) is 22.8. The van der Waals surface area contributed by atoms with Gasteiger partial charge in [-0.1, -0.05) is 70.0 Å². The molecule has 0 atom stereocenters. The molecule has 1 N–H and O–H groups in total. The van der Waals surface area contributed by atoms with Crippen LogP contribution in [0.25, 0.3) is 11.1 Å². The lowest BCUT2D eigenvalue weighted by molar-refractivity contribution is -0.136. The summed E-state index contributed by atoms with van der Waals surface area (Å²) in [6.07, 6.45) is 5.45. The van der Waals surface area contributed by atoms with E-state index < -0.39 is 11.9 Å². The predicted octanol–water partition coefficient (Wildman–Crippen LogP) is 4.31. The summed E-state index contributed by atoms with van der Waals surface area (Å²) < 4.78 is 5.20. The van der Waals surface area contributed by atoms with Crippen LogP contribution < -0.4 is 0 Å². The molecule has 0 fully saturated rings. The molecule has 0 aromatic heterocycles. The van der Waals surface area contributed by atoms with Gasteiger partial charge in [0.1, 0.15) is 0 Å². The smallest absolute Gasteiger partial charge is 0.338 e. The first-order chi connectivity index (χ1) is 11.0. The summed E-state index contributed by atoms with van der Waals surface area (Å²) >= 11 is 0. The Balaban J connectivity index is 2.48. The molecule has 4 heteroatoms. The highest BCUT2D eigenvalue weighted by Crippen LogP contribution is 2.19. The summed E-state index contributed by atoms with van der Waals surface area (Å²) in [5.41, 5.74) is 1.39. The van der Waals surface area contributed by atoms with Gasteiger partial charge in [0.05, 0.1) is 17.8 Å². The number of rotatable bonds is 10. The molecule has 0 spiro atoms. The minimum absolute atomic E-state index is 0.0109. The number of hydrogen-bond donors (Lipinski definition) is 1. The Morgan fingerprint density at radius 3 is 2.00 bits per heavy atom. The van der Waals surface area contributed by atoms with Gasteiger partial charge >= 0.3 is 11.9 Å². The van der Waals surface area contributed by atoms with E-state index in [2.05, 4.69) is 20.1 Å². The Morgan fingerprint density at radius 2 is 1.48 bits per heavy atom. The van der Waals surface area contributed by atoms with Crippen molar-refractivity contribution < 1.29 is 19.4 Å². The Hall–Kier alpha value is -2.36. The standard InChI is InChI=1S/C19H24O4/c1-4-5-6-7-8-13-23-19(22)15(3)17-11-9-16(10-12-17)14(2)18(20)21/h9-12H,2-8,13H2,1H3,(H,20,21). The SMILES string of the molecule is C=C(C(=O)O)c1ccc(C(=C)C(=O)OCCCCCCC)cc1. The molecule has 0 aliphatic rings. The summed E-state index contributed by atoms with van der Waals surface area (Å²) in [5, 5.41) is 8.89. The van der Waals surface area contributed by atoms with Crippen molar-refractivity contribution in [3.8, 4) is 0 Å². The van der Waals surface area contributed by atoms with E-state index in [9.17, 15) is 9.59 Å². The maximum Gasteiger partial charge on any atom is 0.338 e. The van der Waals surface area contributed by atoms with E-state index in [-0.39, 0.29) is 11.1 Å². The van der Waals surface area contributed by atoms with E-state index in [0.717, 1.165) is 19.3 Å². The molecule has 0 bridgehead atoms. The third-order valence-corrected chi connectivity index (χ3v) is 3.57. The van der Waals surface area contributed by atoms with E-state index in [1.807, 2.05) is 0 Å². The molecule has 0 heterocycles. The van der Waals surface area contributed by atoms with Gasteiger partial charge in [-0.2, -0.15) is 0 Å². The molecule has 124 valence electrons. The molecule has 1 aromatic carbocycles. The molecule has 0 aliphatic carbocycles. The molecule has 0 unspecified atom stereocenters. The molecule has 1 aromatic rings. The maximum absolute atomic E-state index is 11.9. The van der Waals surface area contributed by atoms with Crippen LogP contribution in [0.2, 0.25) is 0 Å². The summed E-state index contributed by atoms with van der Waals surface area (Å²) in [5.74, 6) is -1.51. The van der Waals surface area contributed by atoms with Crippen LogP contribution in [-0.4, -0.2) is 23.7 Å². The van der Waals surface area contributed by atoms with Gasteiger partial charge in [-0.25, -0.2) is 9.59 Å². The average molecular weight is 316 g/mol. The Kier molecular flexibility index (Phi) is 7.81. The fourth-order valence-corrected chi connectivity index (χ4v) is 2.07. The van der Waals surface area contributed by atoms with Crippen LogP contribution in [0, 0.1) is 0 Å². The van der Waals surface area contributed by atoms with Crippen molar-refractivity contribution in [2.24, 2.45) is 0 Å². The first-order valence-corrected chi connectivity index (χ1v) is 7.86. The first-order valence-electron chi connectivity index (χ1n) is 7.86. The van der Waals surface area contributed by atoms with Crippen molar-refractivity contribution in [3.05, 3.63) is 48.6 Å². The number of carbonyl (C=O) groups excluding carboxylic acids is 1.